The Labute approximate surface area is 234 Å². The fourth-order valence-corrected chi connectivity index (χ4v) is 4.60. The van der Waals surface area contributed by atoms with Gasteiger partial charge in [-0.1, -0.05) is 23.2 Å². The van der Waals surface area contributed by atoms with E-state index in [1.165, 1.54) is 10.7 Å². The number of anilines is 3. The summed E-state index contributed by atoms with van der Waals surface area (Å²) in [4.78, 5) is 40.7. The minimum atomic E-state index is -0.693. The second-order valence-electron chi connectivity index (χ2n) is 9.93. The number of hydrogen-bond donors (Lipinski definition) is 3. The number of nitrogen functional groups attached to an aromatic ring is 2. The molecular weight excluding hydrogens is 547 g/mol. The fraction of sp³-hybridized carbons (Fsp3) is 0.417. The highest BCUT2D eigenvalue weighted by molar-refractivity contribution is 6.39. The molecule has 4 rings (SSSR count). The molecule has 206 valence electrons. The van der Waals surface area contributed by atoms with Gasteiger partial charge in [0.15, 0.2) is 11.6 Å². The molecule has 1 aliphatic heterocycles. The molecule has 1 amide bonds. The number of piperazine rings is 1. The zero-order valence-electron chi connectivity index (χ0n) is 21.8. The maximum Gasteiger partial charge on any atom is 0.410 e. The van der Waals surface area contributed by atoms with Crippen LogP contribution in [0.3, 0.4) is 0 Å². The molecule has 2 aromatic heterocycles. The molecule has 0 radical (unpaired) electrons. The van der Waals surface area contributed by atoms with Crippen LogP contribution in [0, 0.1) is 11.3 Å². The van der Waals surface area contributed by atoms with Crippen LogP contribution >= 0.6 is 23.2 Å². The first-order valence-corrected chi connectivity index (χ1v) is 12.8. The molecule has 3 aromatic rings. The molecule has 1 aromatic carbocycles. The van der Waals surface area contributed by atoms with Crippen LogP contribution < -0.4 is 27.4 Å². The molecule has 0 saturated carbocycles. The Hall–Kier alpha value is -4.02. The number of nitrogens with two attached hydrogens (primary N) is 2. The van der Waals surface area contributed by atoms with Crippen molar-refractivity contribution in [1.82, 2.24) is 24.5 Å². The molecule has 39 heavy (non-hydrogen) atoms. The topological polar surface area (TPSA) is 181 Å². The van der Waals surface area contributed by atoms with Gasteiger partial charge >= 0.3 is 6.09 Å². The van der Waals surface area contributed by atoms with Crippen molar-refractivity contribution in [3.8, 4) is 6.07 Å². The van der Waals surface area contributed by atoms with E-state index in [1.807, 2.05) is 6.07 Å². The van der Waals surface area contributed by atoms with Crippen molar-refractivity contribution in [3.05, 3.63) is 43.9 Å². The highest BCUT2D eigenvalue weighted by Crippen LogP contribution is 2.29. The van der Waals surface area contributed by atoms with Crippen LogP contribution in [0.1, 0.15) is 45.1 Å². The second kappa shape index (κ2) is 10.6. The van der Waals surface area contributed by atoms with E-state index in [0.717, 1.165) is 0 Å². The predicted octanol–water partition coefficient (Wildman–Crippen LogP) is 2.89. The van der Waals surface area contributed by atoms with Crippen LogP contribution in [-0.2, 0) is 4.74 Å². The van der Waals surface area contributed by atoms with E-state index in [-0.39, 0.29) is 49.9 Å². The zero-order valence-corrected chi connectivity index (χ0v) is 23.3. The summed E-state index contributed by atoms with van der Waals surface area (Å²) in [5, 5.41) is 15.0. The number of nitrogens with zero attached hydrogens (tertiary/aromatic N) is 7. The van der Waals surface area contributed by atoms with Crippen LogP contribution in [0.25, 0.3) is 10.9 Å². The number of nitrogens with one attached hydrogen (secondary N) is 1. The summed E-state index contributed by atoms with van der Waals surface area (Å²) in [6.45, 7) is 8.36. The van der Waals surface area contributed by atoms with E-state index < -0.39 is 23.3 Å². The largest absolute Gasteiger partial charge is 0.444 e. The minimum Gasteiger partial charge on any atom is -0.444 e. The number of amides is 1. The average molecular weight is 575 g/mol. The first kappa shape index (κ1) is 28.0. The first-order chi connectivity index (χ1) is 18.3. The summed E-state index contributed by atoms with van der Waals surface area (Å²) < 4.78 is 6.90. The van der Waals surface area contributed by atoms with E-state index in [4.69, 9.17) is 44.4 Å². The monoisotopic (exact) mass is 574 g/mol. The number of carbonyl (C=O) groups excluding carboxylic acids is 1. The van der Waals surface area contributed by atoms with E-state index in [9.17, 15) is 14.9 Å². The number of rotatable bonds is 4. The zero-order chi connectivity index (χ0) is 28.6. The van der Waals surface area contributed by atoms with Crippen molar-refractivity contribution in [2.75, 3.05) is 48.0 Å². The molecule has 1 aliphatic rings. The number of aromatic nitrogens is 4. The molecule has 0 aliphatic carbocycles. The third-order valence-corrected chi connectivity index (χ3v) is 6.54. The predicted molar refractivity (Wildman–Crippen MR) is 149 cm³/mol. The number of nitriles is 1. The van der Waals surface area contributed by atoms with Crippen LogP contribution in [0.5, 0.6) is 0 Å². The normalized spacial score (nSPS) is 14.7. The maximum atomic E-state index is 13.9. The molecule has 5 N–H and O–H groups in total. The van der Waals surface area contributed by atoms with E-state index in [1.54, 1.807) is 43.7 Å². The Kier molecular flexibility index (Phi) is 7.63. The molecule has 0 bridgehead atoms. The summed E-state index contributed by atoms with van der Waals surface area (Å²) in [7, 11) is 0. The van der Waals surface area contributed by atoms with Crippen molar-refractivity contribution in [2.24, 2.45) is 0 Å². The van der Waals surface area contributed by atoms with Crippen molar-refractivity contribution in [3.63, 3.8) is 0 Å². The smallest absolute Gasteiger partial charge is 0.410 e. The number of fused-ring (bicyclic) bond motifs is 1. The van der Waals surface area contributed by atoms with Gasteiger partial charge in [0.1, 0.15) is 23.1 Å². The van der Waals surface area contributed by atoms with Crippen molar-refractivity contribution in [2.45, 2.75) is 39.3 Å². The lowest BCUT2D eigenvalue weighted by Gasteiger charge is -2.38. The molecule has 3 heterocycles. The van der Waals surface area contributed by atoms with Gasteiger partial charge in [-0.05, 0) is 39.8 Å². The molecule has 0 spiro atoms. The van der Waals surface area contributed by atoms with Crippen LogP contribution in [0.2, 0.25) is 10.0 Å². The molecule has 1 atom stereocenters. The Bertz CT molecular complexity index is 1540. The van der Waals surface area contributed by atoms with Gasteiger partial charge in [-0.25, -0.2) is 14.5 Å². The van der Waals surface area contributed by atoms with E-state index in [2.05, 4.69) is 15.3 Å². The molecule has 1 saturated heterocycles. The molecule has 0 unspecified atom stereocenters. The van der Waals surface area contributed by atoms with Gasteiger partial charge in [0.25, 0.3) is 5.56 Å². The summed E-state index contributed by atoms with van der Waals surface area (Å²) >= 11 is 12.8. The average Bonchev–Trinajstić information content (AvgIpc) is 2.84. The molecule has 1 fully saturated rings. The number of carbonyl (C=O) groups is 1. The second-order valence-corrected chi connectivity index (χ2v) is 10.7. The first-order valence-electron chi connectivity index (χ1n) is 12.0. The van der Waals surface area contributed by atoms with Crippen LogP contribution in [0.4, 0.5) is 22.4 Å². The van der Waals surface area contributed by atoms with Gasteiger partial charge in [0, 0.05) is 13.1 Å². The number of benzene rings is 1. The summed E-state index contributed by atoms with van der Waals surface area (Å²) in [6, 6.07) is 4.36. The minimum absolute atomic E-state index is 0.00205. The summed E-state index contributed by atoms with van der Waals surface area (Å²) in [6.07, 6.45) is -0.431. The van der Waals surface area contributed by atoms with Crippen molar-refractivity contribution in [1.29, 1.82) is 5.26 Å². The number of ether oxygens (including phenoxy) is 1. The van der Waals surface area contributed by atoms with Gasteiger partial charge in [-0.15, -0.1) is 0 Å². The Balaban J connectivity index is 1.77. The van der Waals surface area contributed by atoms with Gasteiger partial charge in [-0.2, -0.15) is 15.2 Å². The molecule has 15 heteroatoms. The van der Waals surface area contributed by atoms with Gasteiger partial charge < -0.3 is 31.4 Å². The Morgan fingerprint density at radius 2 is 1.77 bits per heavy atom. The third-order valence-electron chi connectivity index (χ3n) is 5.92. The summed E-state index contributed by atoms with van der Waals surface area (Å²) in [5.74, 6) is 0.139. The number of hydrogen-bond acceptors (Lipinski definition) is 11. The third kappa shape index (κ3) is 5.71. The lowest BCUT2D eigenvalue weighted by atomic mass is 10.2. The standard InChI is InChI=1S/C24H28Cl2N10O3/c1-12(30-19-13(11-27)18(28)32-22(29)33-19)20-31-17-15(26)6-5-14(25)16(17)21(37)36(20)35-9-7-34(8-10-35)23(38)39-24(2,3)4/h5-6,12H,7-10H2,1-4H3,(H5,28,29,30,32,33)/t12-/m0/s1. The quantitative estimate of drug-likeness (QED) is 0.416. The van der Waals surface area contributed by atoms with E-state index >= 15 is 0 Å². The lowest BCUT2D eigenvalue weighted by molar-refractivity contribution is 0.0231. The van der Waals surface area contributed by atoms with Crippen molar-refractivity contribution < 1.29 is 9.53 Å². The van der Waals surface area contributed by atoms with Gasteiger partial charge in [-0.3, -0.25) is 4.79 Å². The summed E-state index contributed by atoms with van der Waals surface area (Å²) in [5.41, 5.74) is 10.8. The van der Waals surface area contributed by atoms with E-state index in [0.29, 0.717) is 26.2 Å². The van der Waals surface area contributed by atoms with Crippen LogP contribution in [-0.4, -0.2) is 62.4 Å². The van der Waals surface area contributed by atoms with Crippen molar-refractivity contribution >= 4 is 57.8 Å². The Morgan fingerprint density at radius 1 is 1.13 bits per heavy atom. The lowest BCUT2D eigenvalue weighted by Crippen LogP contribution is -2.57. The van der Waals surface area contributed by atoms with Gasteiger partial charge in [0.2, 0.25) is 5.95 Å². The molecule has 13 nitrogen and oxygen atoms in total. The van der Waals surface area contributed by atoms with Crippen LogP contribution in [0.15, 0.2) is 16.9 Å². The highest BCUT2D eigenvalue weighted by Gasteiger charge is 2.30. The number of halogens is 2. The fourth-order valence-electron chi connectivity index (χ4n) is 4.16. The SMILES string of the molecule is C[C@H](Nc1nc(N)nc(N)c1C#N)c1nc2c(Cl)ccc(Cl)c2c(=O)n1N1CCN(C(=O)OC(C)(C)C)CC1. The molecular formula is C24H28Cl2N10O3. The highest BCUT2D eigenvalue weighted by atomic mass is 35.5. The Morgan fingerprint density at radius 3 is 2.38 bits per heavy atom. The van der Waals surface area contributed by atoms with Gasteiger partial charge in [0.05, 0.1) is 40.1 Å². The maximum absolute atomic E-state index is 13.9.